The first-order valence-electron chi connectivity index (χ1n) is 7.13. The van der Waals surface area contributed by atoms with Crippen molar-refractivity contribution in [2.24, 2.45) is 5.92 Å². The van der Waals surface area contributed by atoms with Crippen LogP contribution in [0.5, 0.6) is 0 Å². The van der Waals surface area contributed by atoms with Crippen molar-refractivity contribution in [2.75, 3.05) is 19.6 Å². The van der Waals surface area contributed by atoms with Crippen LogP contribution < -0.4 is 5.32 Å². The first-order valence-corrected chi connectivity index (χ1v) is 7.13. The van der Waals surface area contributed by atoms with Crippen LogP contribution in [0.25, 0.3) is 0 Å². The van der Waals surface area contributed by atoms with Gasteiger partial charge in [-0.15, -0.1) is 0 Å². The number of hydrogen-bond donors (Lipinski definition) is 2. The Morgan fingerprint density at radius 3 is 2.45 bits per heavy atom. The van der Waals surface area contributed by atoms with Gasteiger partial charge >= 0.3 is 12.2 Å². The molecule has 0 aromatic rings. The van der Waals surface area contributed by atoms with Crippen LogP contribution in [0.3, 0.4) is 0 Å². The van der Waals surface area contributed by atoms with Gasteiger partial charge in [0.2, 0.25) is 0 Å². The van der Waals surface area contributed by atoms with E-state index in [2.05, 4.69) is 12.2 Å². The van der Waals surface area contributed by atoms with E-state index in [1.54, 1.807) is 0 Å². The summed E-state index contributed by atoms with van der Waals surface area (Å²) in [5, 5.41) is 12.0. The average molecular weight is 296 g/mol. The van der Waals surface area contributed by atoms with Gasteiger partial charge in [-0.3, -0.25) is 0 Å². The van der Waals surface area contributed by atoms with E-state index >= 15 is 0 Å². The zero-order chi connectivity index (χ0) is 15.2. The maximum absolute atomic E-state index is 12.4. The van der Waals surface area contributed by atoms with E-state index in [1.807, 2.05) is 0 Å². The number of unbranched alkanes of at least 4 members (excludes halogenated alkanes) is 2. The monoisotopic (exact) mass is 296 g/mol. The Labute approximate surface area is 117 Å². The molecule has 1 heterocycles. The summed E-state index contributed by atoms with van der Waals surface area (Å²) < 4.78 is 37.2. The number of aliphatic hydroxyl groups excluding tert-OH is 1. The summed E-state index contributed by atoms with van der Waals surface area (Å²) in [6.07, 6.45) is -3.47. The third-order valence-corrected chi connectivity index (χ3v) is 3.67. The van der Waals surface area contributed by atoms with E-state index < -0.39 is 18.2 Å². The fourth-order valence-corrected chi connectivity index (χ4v) is 2.37. The maximum Gasteiger partial charge on any atom is 0.414 e. The van der Waals surface area contributed by atoms with Crippen molar-refractivity contribution in [2.45, 2.75) is 51.3 Å². The lowest BCUT2D eigenvalue weighted by molar-refractivity contribution is -0.222. The van der Waals surface area contributed by atoms with Crippen LogP contribution in [0.2, 0.25) is 0 Å². The number of alkyl halides is 3. The van der Waals surface area contributed by atoms with E-state index in [-0.39, 0.29) is 32.0 Å². The molecule has 0 radical (unpaired) electrons. The van der Waals surface area contributed by atoms with Crippen molar-refractivity contribution in [3.05, 3.63) is 0 Å². The third-order valence-electron chi connectivity index (χ3n) is 3.67. The zero-order valence-electron chi connectivity index (χ0n) is 11.7. The van der Waals surface area contributed by atoms with E-state index in [4.69, 9.17) is 0 Å². The van der Waals surface area contributed by atoms with Crippen LogP contribution in [0.4, 0.5) is 18.0 Å². The van der Waals surface area contributed by atoms with Crippen LogP contribution in [0, 0.1) is 5.92 Å². The predicted octanol–water partition coefficient (Wildman–Crippen LogP) is 2.52. The van der Waals surface area contributed by atoms with Crippen molar-refractivity contribution < 1.29 is 23.1 Å². The lowest BCUT2D eigenvalue weighted by Crippen LogP contribution is -2.48. The maximum atomic E-state index is 12.4. The minimum atomic E-state index is -4.57. The van der Waals surface area contributed by atoms with Gasteiger partial charge < -0.3 is 15.3 Å². The SMILES string of the molecule is CCCCCNC(=O)N1CCC(C(O)C(F)(F)F)CC1. The highest BCUT2D eigenvalue weighted by molar-refractivity contribution is 5.74. The number of carbonyl (C=O) groups excluding carboxylic acids is 1. The lowest BCUT2D eigenvalue weighted by atomic mass is 9.91. The summed E-state index contributed by atoms with van der Waals surface area (Å²) in [4.78, 5) is 13.3. The van der Waals surface area contributed by atoms with Gasteiger partial charge in [-0.1, -0.05) is 19.8 Å². The number of nitrogens with one attached hydrogen (secondary N) is 1. The number of halogens is 3. The molecule has 0 aromatic carbocycles. The van der Waals surface area contributed by atoms with Gasteiger partial charge in [-0.25, -0.2) is 4.79 Å². The second kappa shape index (κ2) is 7.71. The highest BCUT2D eigenvalue weighted by Crippen LogP contribution is 2.31. The Bertz CT molecular complexity index is 302. The number of nitrogens with zero attached hydrogens (tertiary/aromatic N) is 1. The lowest BCUT2D eigenvalue weighted by Gasteiger charge is -2.34. The number of urea groups is 1. The molecule has 0 aliphatic carbocycles. The molecule has 0 aromatic heterocycles. The quantitative estimate of drug-likeness (QED) is 0.766. The van der Waals surface area contributed by atoms with Crippen molar-refractivity contribution in [3.63, 3.8) is 0 Å². The summed E-state index contributed by atoms with van der Waals surface area (Å²) >= 11 is 0. The van der Waals surface area contributed by atoms with Crippen molar-refractivity contribution in [1.29, 1.82) is 0 Å². The fourth-order valence-electron chi connectivity index (χ4n) is 2.37. The summed E-state index contributed by atoms with van der Waals surface area (Å²) in [6, 6.07) is -0.221. The van der Waals surface area contributed by atoms with Crippen molar-refractivity contribution in [1.82, 2.24) is 10.2 Å². The van der Waals surface area contributed by atoms with E-state index in [0.717, 1.165) is 19.3 Å². The first kappa shape index (κ1) is 17.1. The van der Waals surface area contributed by atoms with Gasteiger partial charge in [-0.05, 0) is 25.2 Å². The molecule has 2 N–H and O–H groups in total. The standard InChI is InChI=1S/C13H23F3N2O2/c1-2-3-4-7-17-12(20)18-8-5-10(6-9-18)11(19)13(14,15)16/h10-11,19H,2-9H2,1H3,(H,17,20). The first-order chi connectivity index (χ1) is 9.36. The number of amides is 2. The predicted molar refractivity (Wildman–Crippen MR) is 69.3 cm³/mol. The van der Waals surface area contributed by atoms with Gasteiger partial charge in [0.1, 0.15) is 0 Å². The molecule has 0 saturated carbocycles. The molecule has 7 heteroatoms. The van der Waals surface area contributed by atoms with E-state index in [0.29, 0.717) is 6.54 Å². The molecular formula is C13H23F3N2O2. The smallest absolute Gasteiger partial charge is 0.383 e. The third kappa shape index (κ3) is 5.19. The molecule has 1 saturated heterocycles. The molecule has 1 aliphatic heterocycles. The molecule has 1 aliphatic rings. The summed E-state index contributed by atoms with van der Waals surface area (Å²) in [5.41, 5.74) is 0. The molecule has 0 spiro atoms. The topological polar surface area (TPSA) is 52.6 Å². The molecule has 1 unspecified atom stereocenters. The Balaban J connectivity index is 2.29. The molecule has 118 valence electrons. The minimum absolute atomic E-state index is 0.184. The van der Waals surface area contributed by atoms with Crippen LogP contribution >= 0.6 is 0 Å². The second-order valence-corrected chi connectivity index (χ2v) is 5.25. The Morgan fingerprint density at radius 1 is 1.35 bits per heavy atom. The van der Waals surface area contributed by atoms with E-state index in [1.165, 1.54) is 4.90 Å². The Morgan fingerprint density at radius 2 is 1.95 bits per heavy atom. The molecule has 1 atom stereocenters. The number of rotatable bonds is 5. The van der Waals surface area contributed by atoms with Crippen LogP contribution in [0.1, 0.15) is 39.0 Å². The molecular weight excluding hydrogens is 273 g/mol. The summed E-state index contributed by atoms with van der Waals surface area (Å²) in [7, 11) is 0. The van der Waals surface area contributed by atoms with Crippen molar-refractivity contribution >= 4 is 6.03 Å². The van der Waals surface area contributed by atoms with Crippen molar-refractivity contribution in [3.8, 4) is 0 Å². The number of likely N-dealkylation sites (tertiary alicyclic amines) is 1. The van der Waals surface area contributed by atoms with Crippen LogP contribution in [-0.2, 0) is 0 Å². The van der Waals surface area contributed by atoms with Gasteiger partial charge in [0, 0.05) is 19.6 Å². The molecule has 1 fully saturated rings. The Kier molecular flexibility index (Phi) is 6.58. The molecule has 20 heavy (non-hydrogen) atoms. The summed E-state index contributed by atoms with van der Waals surface area (Å²) in [5.74, 6) is -0.806. The molecule has 1 rings (SSSR count). The number of aliphatic hydroxyl groups is 1. The summed E-state index contributed by atoms with van der Waals surface area (Å²) in [6.45, 7) is 3.19. The van der Waals surface area contributed by atoms with Gasteiger partial charge in [0.15, 0.2) is 6.10 Å². The highest BCUT2D eigenvalue weighted by Gasteiger charge is 2.44. The Hall–Kier alpha value is -0.980. The molecule has 4 nitrogen and oxygen atoms in total. The average Bonchev–Trinajstić information content (AvgIpc) is 2.41. The second-order valence-electron chi connectivity index (χ2n) is 5.25. The largest absolute Gasteiger partial charge is 0.414 e. The number of hydrogen-bond acceptors (Lipinski definition) is 2. The zero-order valence-corrected chi connectivity index (χ0v) is 11.7. The van der Waals surface area contributed by atoms with Gasteiger partial charge in [0.25, 0.3) is 0 Å². The number of piperidine rings is 1. The van der Waals surface area contributed by atoms with Crippen LogP contribution in [-0.4, -0.2) is 48.0 Å². The van der Waals surface area contributed by atoms with Gasteiger partial charge in [0.05, 0.1) is 0 Å². The number of carbonyl (C=O) groups is 1. The van der Waals surface area contributed by atoms with Gasteiger partial charge in [-0.2, -0.15) is 13.2 Å². The molecule has 0 bridgehead atoms. The normalized spacial score (nSPS) is 18.9. The highest BCUT2D eigenvalue weighted by atomic mass is 19.4. The van der Waals surface area contributed by atoms with Crippen LogP contribution in [0.15, 0.2) is 0 Å². The van der Waals surface area contributed by atoms with E-state index in [9.17, 15) is 23.1 Å². The molecule has 2 amide bonds. The fraction of sp³-hybridized carbons (Fsp3) is 0.923. The minimum Gasteiger partial charge on any atom is -0.383 e.